The van der Waals surface area contributed by atoms with Gasteiger partial charge >= 0.3 is 0 Å². The van der Waals surface area contributed by atoms with E-state index in [0.717, 1.165) is 50.1 Å². The van der Waals surface area contributed by atoms with Crippen LogP contribution >= 0.6 is 0 Å². The van der Waals surface area contributed by atoms with Crippen LogP contribution in [0.25, 0.3) is 115 Å². The Hall–Kier alpha value is -8.92. The van der Waals surface area contributed by atoms with E-state index in [2.05, 4.69) is 252 Å². The van der Waals surface area contributed by atoms with Crippen molar-refractivity contribution in [2.24, 2.45) is 0 Å². The highest BCUT2D eigenvalue weighted by atomic mass is 16.3. The summed E-state index contributed by atoms with van der Waals surface area (Å²) in [5, 5.41) is 12.0. The molecule has 3 aromatic heterocycles. The van der Waals surface area contributed by atoms with Gasteiger partial charge < -0.3 is 13.7 Å². The summed E-state index contributed by atoms with van der Waals surface area (Å²) in [5.74, 6) is 0. The molecule has 14 aromatic rings. The molecule has 0 amide bonds. The van der Waals surface area contributed by atoms with Gasteiger partial charge in [0.15, 0.2) is 5.58 Å². The van der Waals surface area contributed by atoms with E-state index in [1.54, 1.807) is 0 Å². The number of aromatic nitrogens is 1. The Balaban J connectivity index is 0.937. The third-order valence-corrected chi connectivity index (χ3v) is 13.9. The summed E-state index contributed by atoms with van der Waals surface area (Å²) >= 11 is 0. The summed E-state index contributed by atoms with van der Waals surface area (Å²) in [4.78, 5) is 2.33. The Bertz CT molecular complexity index is 4260. The number of pyridine rings is 1. The van der Waals surface area contributed by atoms with Crippen LogP contribution in [0.4, 0.5) is 17.1 Å². The van der Waals surface area contributed by atoms with E-state index >= 15 is 0 Å². The topological polar surface area (TPSA) is 20.8 Å². The van der Waals surface area contributed by atoms with Crippen LogP contribution in [-0.2, 0) is 0 Å². The minimum atomic E-state index is 0.860. The molecule has 0 saturated heterocycles. The minimum absolute atomic E-state index is 0.860. The molecule has 0 radical (unpaired) electrons. The van der Waals surface area contributed by atoms with Crippen LogP contribution in [0.2, 0.25) is 0 Å². The van der Waals surface area contributed by atoms with Gasteiger partial charge in [0.2, 0.25) is 0 Å². The molecule has 3 heteroatoms. The fraction of sp³-hybridized carbons (Fsp3) is 0. The van der Waals surface area contributed by atoms with Crippen LogP contribution in [0.5, 0.6) is 0 Å². The average Bonchev–Trinajstić information content (AvgIpc) is 3.96. The van der Waals surface area contributed by atoms with Crippen molar-refractivity contribution >= 4 is 98.6 Å². The standard InChI is InChI=1S/C64H40N2O/c1-4-17-41(18-5-1)51-27-15-29-55-56-30-16-32-59(64(56)67-63(51)55)65(46-21-8-3-9-22-46)47-36-38-49-45(40-47)34-33-43-39-44(35-37-48(43)49)50-26-14-28-53-52-23-10-11-24-54(52)62-60(42-19-6-2-7-20-42)57-25-12-13-31-58(57)66(62)61(50)53/h1-40H. The molecular formula is C64H40N2O. The van der Waals surface area contributed by atoms with Gasteiger partial charge in [-0.15, -0.1) is 0 Å². The molecule has 0 spiro atoms. The molecule has 3 nitrogen and oxygen atoms in total. The lowest BCUT2D eigenvalue weighted by Gasteiger charge is -2.26. The van der Waals surface area contributed by atoms with Crippen molar-refractivity contribution < 1.29 is 4.42 Å². The van der Waals surface area contributed by atoms with E-state index < -0.39 is 0 Å². The SMILES string of the molecule is c1ccc(-c2cccc3c2oc2c(N(c4ccccc4)c4ccc5c(ccc6cc(-c7cccc8c9ccccc9c9c(-c%10ccccc%10)c%10ccccc%10n9c78)ccc65)c4)cccc23)cc1. The molecule has 0 N–H and O–H groups in total. The third-order valence-electron chi connectivity index (χ3n) is 13.9. The van der Waals surface area contributed by atoms with Gasteiger partial charge in [0.1, 0.15) is 5.58 Å². The third kappa shape index (κ3) is 5.71. The summed E-state index contributed by atoms with van der Waals surface area (Å²) in [6.45, 7) is 0. The number of benzene rings is 11. The van der Waals surface area contributed by atoms with Crippen molar-refractivity contribution in [2.75, 3.05) is 4.90 Å². The summed E-state index contributed by atoms with van der Waals surface area (Å²) in [7, 11) is 0. The summed E-state index contributed by atoms with van der Waals surface area (Å²) in [6, 6.07) is 88.0. The number of furan rings is 1. The lowest BCUT2D eigenvalue weighted by Crippen LogP contribution is -2.10. The molecule has 3 heterocycles. The largest absolute Gasteiger partial charge is 0.453 e. The number of fused-ring (bicyclic) bond motifs is 14. The predicted octanol–water partition coefficient (Wildman–Crippen LogP) is 18.1. The van der Waals surface area contributed by atoms with Crippen LogP contribution in [0.3, 0.4) is 0 Å². The van der Waals surface area contributed by atoms with Gasteiger partial charge in [-0.1, -0.05) is 200 Å². The molecule has 0 aliphatic rings. The number of hydrogen-bond acceptors (Lipinski definition) is 2. The highest BCUT2D eigenvalue weighted by Gasteiger charge is 2.23. The Morgan fingerprint density at radius 1 is 0.313 bits per heavy atom. The van der Waals surface area contributed by atoms with Gasteiger partial charge in [0.25, 0.3) is 0 Å². The highest BCUT2D eigenvalue weighted by Crippen LogP contribution is 2.47. The number of anilines is 3. The van der Waals surface area contributed by atoms with Crippen LogP contribution in [0.1, 0.15) is 0 Å². The first-order valence-electron chi connectivity index (χ1n) is 23.0. The molecule has 0 aliphatic carbocycles. The molecule has 312 valence electrons. The molecule has 11 aromatic carbocycles. The average molecular weight is 853 g/mol. The van der Waals surface area contributed by atoms with Gasteiger partial charge in [0, 0.05) is 55.0 Å². The van der Waals surface area contributed by atoms with Crippen LogP contribution in [-0.4, -0.2) is 4.40 Å². The molecule has 0 atom stereocenters. The quantitative estimate of drug-likeness (QED) is 0.155. The van der Waals surface area contributed by atoms with Crippen molar-refractivity contribution in [1.29, 1.82) is 0 Å². The second-order valence-electron chi connectivity index (χ2n) is 17.6. The van der Waals surface area contributed by atoms with Gasteiger partial charge in [-0.25, -0.2) is 0 Å². The van der Waals surface area contributed by atoms with Crippen molar-refractivity contribution in [2.45, 2.75) is 0 Å². The van der Waals surface area contributed by atoms with Crippen molar-refractivity contribution in [1.82, 2.24) is 4.40 Å². The number of nitrogens with zero attached hydrogens (tertiary/aromatic N) is 2. The monoisotopic (exact) mass is 852 g/mol. The van der Waals surface area contributed by atoms with E-state index in [4.69, 9.17) is 4.42 Å². The highest BCUT2D eigenvalue weighted by molar-refractivity contribution is 6.24. The minimum Gasteiger partial charge on any atom is -0.453 e. The Kier molecular flexibility index (Phi) is 8.28. The van der Waals surface area contributed by atoms with Gasteiger partial charge in [-0.05, 0) is 86.1 Å². The molecule has 0 fully saturated rings. The fourth-order valence-electron chi connectivity index (χ4n) is 11.0. The van der Waals surface area contributed by atoms with Crippen molar-refractivity contribution in [3.8, 4) is 33.4 Å². The van der Waals surface area contributed by atoms with Gasteiger partial charge in [-0.3, -0.25) is 0 Å². The van der Waals surface area contributed by atoms with Crippen LogP contribution in [0.15, 0.2) is 247 Å². The normalized spacial score (nSPS) is 11.9. The molecular weight excluding hydrogens is 813 g/mol. The van der Waals surface area contributed by atoms with Gasteiger partial charge in [-0.2, -0.15) is 0 Å². The van der Waals surface area contributed by atoms with Gasteiger partial charge in [0.05, 0.1) is 22.2 Å². The van der Waals surface area contributed by atoms with Crippen LogP contribution < -0.4 is 4.90 Å². The molecule has 67 heavy (non-hydrogen) atoms. The van der Waals surface area contributed by atoms with E-state index in [0.29, 0.717) is 0 Å². The zero-order chi connectivity index (χ0) is 44.0. The Morgan fingerprint density at radius 2 is 0.881 bits per heavy atom. The molecule has 0 unspecified atom stereocenters. The molecule has 0 aliphatic heterocycles. The summed E-state index contributed by atoms with van der Waals surface area (Å²) in [5.41, 5.74) is 15.7. The van der Waals surface area contributed by atoms with E-state index in [-0.39, 0.29) is 0 Å². The van der Waals surface area contributed by atoms with E-state index in [1.165, 1.54) is 81.9 Å². The second-order valence-corrected chi connectivity index (χ2v) is 17.6. The first-order chi connectivity index (χ1) is 33.3. The van der Waals surface area contributed by atoms with E-state index in [1.807, 2.05) is 0 Å². The Morgan fingerprint density at radius 3 is 1.66 bits per heavy atom. The molecule has 14 rings (SSSR count). The predicted molar refractivity (Wildman–Crippen MR) is 283 cm³/mol. The number of rotatable bonds is 6. The maximum atomic E-state index is 6.96. The zero-order valence-corrected chi connectivity index (χ0v) is 36.4. The van der Waals surface area contributed by atoms with Crippen molar-refractivity contribution in [3.05, 3.63) is 243 Å². The number of hydrogen-bond donors (Lipinski definition) is 0. The Labute approximate surface area is 386 Å². The van der Waals surface area contributed by atoms with Crippen LogP contribution in [0, 0.1) is 0 Å². The fourth-order valence-corrected chi connectivity index (χ4v) is 11.0. The maximum Gasteiger partial charge on any atom is 0.159 e. The van der Waals surface area contributed by atoms with E-state index in [9.17, 15) is 0 Å². The molecule has 0 saturated carbocycles. The smallest absolute Gasteiger partial charge is 0.159 e. The second kappa shape index (κ2) is 14.8. The lowest BCUT2D eigenvalue weighted by atomic mass is 9.94. The summed E-state index contributed by atoms with van der Waals surface area (Å²) < 4.78 is 9.49. The summed E-state index contributed by atoms with van der Waals surface area (Å²) in [6.07, 6.45) is 0. The molecule has 0 bridgehead atoms. The maximum absolute atomic E-state index is 6.96. The first-order valence-corrected chi connectivity index (χ1v) is 23.0. The van der Waals surface area contributed by atoms with Crippen molar-refractivity contribution in [3.63, 3.8) is 0 Å². The zero-order valence-electron chi connectivity index (χ0n) is 36.4. The number of para-hydroxylation sites is 5. The lowest BCUT2D eigenvalue weighted by molar-refractivity contribution is 0.670. The first kappa shape index (κ1) is 37.5.